The lowest BCUT2D eigenvalue weighted by Gasteiger charge is -2.42. The third-order valence-corrected chi connectivity index (χ3v) is 7.32. The first-order valence-electron chi connectivity index (χ1n) is 11.1. The number of nitrogens with zero attached hydrogens (tertiary/aromatic N) is 2. The van der Waals surface area contributed by atoms with E-state index in [9.17, 15) is 9.90 Å². The topological polar surface area (TPSA) is 71.4 Å². The van der Waals surface area contributed by atoms with E-state index in [0.717, 1.165) is 30.5 Å². The number of hydrogen-bond acceptors (Lipinski definition) is 6. The van der Waals surface area contributed by atoms with E-state index in [-0.39, 0.29) is 12.0 Å². The Bertz CT molecular complexity index is 716. The molecule has 0 bridgehead atoms. The molecule has 0 aromatic rings. The predicted octanol–water partition coefficient (Wildman–Crippen LogP) is 2.72. The third kappa shape index (κ3) is 4.15. The first-order chi connectivity index (χ1) is 14.0. The summed E-state index contributed by atoms with van der Waals surface area (Å²) in [4.78, 5) is 19.5. The van der Waals surface area contributed by atoms with E-state index < -0.39 is 11.5 Å². The van der Waals surface area contributed by atoms with E-state index in [1.165, 1.54) is 39.2 Å². The van der Waals surface area contributed by atoms with Crippen molar-refractivity contribution < 1.29 is 19.4 Å². The molecule has 6 nitrogen and oxygen atoms in total. The molecule has 5 unspecified atom stereocenters. The van der Waals surface area contributed by atoms with Crippen molar-refractivity contribution in [2.75, 3.05) is 33.4 Å². The summed E-state index contributed by atoms with van der Waals surface area (Å²) in [5.74, 6) is 1.86. The molecule has 160 valence electrons. The normalized spacial score (nSPS) is 35.9. The number of piperidine rings is 1. The standard InChI is InChI=1S/C23H34N2O4/c1-23(22(27)28-2)11-6-5-9-18(23)21-24-19(15-29-21)20(26)14-25-12-10-16-7-3-4-8-17(16)13-25/h5-6,9,16-17,19-20,26H,3-4,7-8,10-15H2,1-2H3. The number of rotatable bonds is 5. The van der Waals surface area contributed by atoms with Crippen LogP contribution < -0.4 is 0 Å². The molecule has 2 heterocycles. The van der Waals surface area contributed by atoms with Gasteiger partial charge in [0.05, 0.1) is 18.6 Å². The van der Waals surface area contributed by atoms with Gasteiger partial charge in [0.1, 0.15) is 12.6 Å². The highest BCUT2D eigenvalue weighted by atomic mass is 16.5. The van der Waals surface area contributed by atoms with E-state index in [1.807, 2.05) is 25.2 Å². The number of aliphatic imine (C=N–C) groups is 1. The molecule has 29 heavy (non-hydrogen) atoms. The van der Waals surface area contributed by atoms with Crippen LogP contribution in [0, 0.1) is 17.3 Å². The first-order valence-corrected chi connectivity index (χ1v) is 11.1. The molecule has 0 aromatic heterocycles. The Morgan fingerprint density at radius 2 is 2.17 bits per heavy atom. The van der Waals surface area contributed by atoms with Gasteiger partial charge in [-0.2, -0.15) is 0 Å². The van der Waals surface area contributed by atoms with Crippen molar-refractivity contribution >= 4 is 11.9 Å². The van der Waals surface area contributed by atoms with Crippen molar-refractivity contribution in [3.8, 4) is 0 Å². The lowest BCUT2D eigenvalue weighted by atomic mass is 9.75. The van der Waals surface area contributed by atoms with E-state index in [2.05, 4.69) is 9.89 Å². The molecule has 1 N–H and O–H groups in total. The first kappa shape index (κ1) is 20.6. The van der Waals surface area contributed by atoms with Crippen molar-refractivity contribution in [1.82, 2.24) is 4.90 Å². The summed E-state index contributed by atoms with van der Waals surface area (Å²) >= 11 is 0. The maximum Gasteiger partial charge on any atom is 0.316 e. The van der Waals surface area contributed by atoms with Crippen molar-refractivity contribution in [3.63, 3.8) is 0 Å². The van der Waals surface area contributed by atoms with Crippen LogP contribution in [-0.4, -0.2) is 67.4 Å². The number of hydrogen-bond donors (Lipinski definition) is 1. The monoisotopic (exact) mass is 402 g/mol. The summed E-state index contributed by atoms with van der Waals surface area (Å²) in [6.45, 7) is 5.02. The number of aliphatic hydroxyl groups excluding tert-OH is 1. The molecule has 6 heteroatoms. The molecule has 4 rings (SSSR count). The number of allylic oxidation sites excluding steroid dienone is 3. The quantitative estimate of drug-likeness (QED) is 0.716. The van der Waals surface area contributed by atoms with Crippen molar-refractivity contribution in [2.45, 2.75) is 57.6 Å². The van der Waals surface area contributed by atoms with Crippen LogP contribution in [0.5, 0.6) is 0 Å². The summed E-state index contributed by atoms with van der Waals surface area (Å²) in [7, 11) is 1.41. The summed E-state index contributed by atoms with van der Waals surface area (Å²) in [5, 5.41) is 10.8. The minimum absolute atomic E-state index is 0.289. The Morgan fingerprint density at radius 3 is 2.97 bits per heavy atom. The van der Waals surface area contributed by atoms with Gasteiger partial charge in [-0.05, 0) is 44.6 Å². The van der Waals surface area contributed by atoms with E-state index in [4.69, 9.17) is 9.47 Å². The summed E-state index contributed by atoms with van der Waals surface area (Å²) < 4.78 is 10.9. The second-order valence-corrected chi connectivity index (χ2v) is 9.27. The number of esters is 1. The van der Waals surface area contributed by atoms with Crippen LogP contribution in [0.4, 0.5) is 0 Å². The molecular formula is C23H34N2O4. The molecule has 2 aliphatic heterocycles. The van der Waals surface area contributed by atoms with Crippen molar-refractivity contribution in [3.05, 3.63) is 23.8 Å². The predicted molar refractivity (Wildman–Crippen MR) is 112 cm³/mol. The van der Waals surface area contributed by atoms with Gasteiger partial charge in [0, 0.05) is 18.7 Å². The molecule has 1 saturated carbocycles. The summed E-state index contributed by atoms with van der Waals surface area (Å²) in [5.41, 5.74) is -0.0602. The second kappa shape index (κ2) is 8.60. The second-order valence-electron chi connectivity index (χ2n) is 9.27. The van der Waals surface area contributed by atoms with E-state index in [0.29, 0.717) is 25.5 Å². The fourth-order valence-electron chi connectivity index (χ4n) is 5.45. The van der Waals surface area contributed by atoms with E-state index >= 15 is 0 Å². The Kier molecular flexibility index (Phi) is 6.11. The van der Waals surface area contributed by atoms with Crippen molar-refractivity contribution in [1.29, 1.82) is 0 Å². The molecule has 0 aromatic carbocycles. The molecular weight excluding hydrogens is 368 g/mol. The van der Waals surface area contributed by atoms with Gasteiger partial charge in [-0.3, -0.25) is 4.79 Å². The number of carbonyl (C=O) groups is 1. The van der Waals surface area contributed by atoms with Gasteiger partial charge >= 0.3 is 5.97 Å². The number of likely N-dealkylation sites (tertiary alicyclic amines) is 1. The lowest BCUT2D eigenvalue weighted by Crippen LogP contribution is -2.47. The van der Waals surface area contributed by atoms with Gasteiger partial charge in [-0.1, -0.05) is 37.5 Å². The molecule has 0 spiro atoms. The average molecular weight is 403 g/mol. The molecule has 1 saturated heterocycles. The van der Waals surface area contributed by atoms with Crippen LogP contribution >= 0.6 is 0 Å². The molecule has 5 atom stereocenters. The highest BCUT2D eigenvalue weighted by molar-refractivity contribution is 6.02. The highest BCUT2D eigenvalue weighted by Gasteiger charge is 2.43. The number of fused-ring (bicyclic) bond motifs is 1. The zero-order valence-electron chi connectivity index (χ0n) is 17.7. The van der Waals surface area contributed by atoms with Crippen molar-refractivity contribution in [2.24, 2.45) is 22.2 Å². The van der Waals surface area contributed by atoms with E-state index in [1.54, 1.807) is 0 Å². The van der Waals surface area contributed by atoms with Gasteiger partial charge in [0.2, 0.25) is 5.90 Å². The smallest absolute Gasteiger partial charge is 0.316 e. The number of ether oxygens (including phenoxy) is 2. The maximum atomic E-state index is 12.4. The fraction of sp³-hybridized carbons (Fsp3) is 0.739. The number of aliphatic hydroxyl groups is 1. The van der Waals surface area contributed by atoms with Gasteiger partial charge in [0.25, 0.3) is 0 Å². The number of β-amino-alcohol motifs (C(OH)–C–C–N with tert-alkyl or cyclic N) is 1. The van der Waals surface area contributed by atoms with Gasteiger partial charge in [0.15, 0.2) is 0 Å². The number of methoxy groups -OCH3 is 1. The zero-order valence-corrected chi connectivity index (χ0v) is 17.7. The van der Waals surface area contributed by atoms with Gasteiger partial charge in [-0.25, -0.2) is 4.99 Å². The van der Waals surface area contributed by atoms with Gasteiger partial charge < -0.3 is 19.5 Å². The van der Waals surface area contributed by atoms with Crippen LogP contribution in [0.15, 0.2) is 28.8 Å². The molecule has 0 amide bonds. The van der Waals surface area contributed by atoms with Crippen LogP contribution in [0.2, 0.25) is 0 Å². The van der Waals surface area contributed by atoms with Gasteiger partial charge in [-0.15, -0.1) is 0 Å². The van der Waals surface area contributed by atoms with Crippen LogP contribution in [0.25, 0.3) is 0 Å². The Balaban J connectivity index is 1.39. The third-order valence-electron chi connectivity index (χ3n) is 7.32. The molecule has 2 fully saturated rings. The highest BCUT2D eigenvalue weighted by Crippen LogP contribution is 2.39. The maximum absolute atomic E-state index is 12.4. The SMILES string of the molecule is COC(=O)C1(C)CC=CC=C1C1=NC(C(O)CN2CCC3CCCCC3C2)CO1. The van der Waals surface area contributed by atoms with Crippen LogP contribution in [0.3, 0.4) is 0 Å². The Morgan fingerprint density at radius 1 is 1.38 bits per heavy atom. The zero-order chi connectivity index (χ0) is 20.4. The summed E-state index contributed by atoms with van der Waals surface area (Å²) in [6.07, 6.45) is 12.5. The average Bonchev–Trinajstić information content (AvgIpc) is 3.23. The largest absolute Gasteiger partial charge is 0.475 e. The minimum Gasteiger partial charge on any atom is -0.475 e. The van der Waals surface area contributed by atoms with Crippen LogP contribution in [0.1, 0.15) is 45.4 Å². The Hall–Kier alpha value is -1.66. The lowest BCUT2D eigenvalue weighted by molar-refractivity contribution is -0.149. The van der Waals surface area contributed by atoms with Crippen LogP contribution in [-0.2, 0) is 14.3 Å². The fourth-order valence-corrected chi connectivity index (χ4v) is 5.45. The Labute approximate surface area is 173 Å². The summed E-state index contributed by atoms with van der Waals surface area (Å²) in [6, 6.07) is -0.289. The number of carbonyl (C=O) groups excluding carboxylic acids is 1. The molecule has 2 aliphatic carbocycles. The molecule has 0 radical (unpaired) electrons. The molecule has 4 aliphatic rings. The minimum atomic E-state index is -0.801.